The number of hydrogen-bond acceptors (Lipinski definition) is 3. The van der Waals surface area contributed by atoms with Crippen molar-refractivity contribution in [2.45, 2.75) is 0 Å². The first kappa shape index (κ1) is 15.2. The first-order valence-electron chi connectivity index (χ1n) is 5.96. The first-order chi connectivity index (χ1) is 9.04. The Morgan fingerprint density at radius 1 is 1.47 bits per heavy atom. The van der Waals surface area contributed by atoms with Crippen LogP contribution in [0, 0.1) is 17.7 Å². The lowest BCUT2D eigenvalue weighted by molar-refractivity contribution is 0.0950. The van der Waals surface area contributed by atoms with E-state index in [4.69, 9.17) is 5.73 Å². The highest BCUT2D eigenvalue weighted by Gasteiger charge is 2.08. The number of likely N-dealkylation sites (N-methyl/N-ethyl adjacent to an activating group) is 1. The summed E-state index contributed by atoms with van der Waals surface area (Å²) in [5, 5.41) is 2.72. The third-order valence-electron chi connectivity index (χ3n) is 2.40. The second-order valence-corrected chi connectivity index (χ2v) is 4.26. The van der Waals surface area contributed by atoms with Crippen molar-refractivity contribution in [2.75, 3.05) is 33.7 Å². The smallest absolute Gasteiger partial charge is 0.251 e. The molecule has 0 spiro atoms. The van der Waals surface area contributed by atoms with Gasteiger partial charge in [-0.2, -0.15) is 0 Å². The molecule has 0 aliphatic rings. The van der Waals surface area contributed by atoms with Gasteiger partial charge in [-0.3, -0.25) is 4.79 Å². The van der Waals surface area contributed by atoms with E-state index in [2.05, 4.69) is 17.2 Å². The molecular formula is C14H18FN3O. The highest BCUT2D eigenvalue weighted by Crippen LogP contribution is 2.09. The van der Waals surface area contributed by atoms with E-state index in [0.29, 0.717) is 6.54 Å². The largest absolute Gasteiger partial charge is 0.351 e. The van der Waals surface area contributed by atoms with Crippen LogP contribution in [0.1, 0.15) is 15.9 Å². The fourth-order valence-corrected chi connectivity index (χ4v) is 1.40. The van der Waals surface area contributed by atoms with Crippen molar-refractivity contribution in [3.05, 3.63) is 35.1 Å². The highest BCUT2D eigenvalue weighted by atomic mass is 19.1. The lowest BCUT2D eigenvalue weighted by Gasteiger charge is -2.10. The molecule has 0 atom stereocenters. The van der Waals surface area contributed by atoms with Gasteiger partial charge in [-0.25, -0.2) is 4.39 Å². The second-order valence-electron chi connectivity index (χ2n) is 4.26. The van der Waals surface area contributed by atoms with E-state index in [1.54, 1.807) is 6.07 Å². The summed E-state index contributed by atoms with van der Waals surface area (Å²) in [6, 6.07) is 4.22. The van der Waals surface area contributed by atoms with Crippen molar-refractivity contribution in [3.63, 3.8) is 0 Å². The average Bonchev–Trinajstić information content (AvgIpc) is 2.36. The van der Waals surface area contributed by atoms with E-state index >= 15 is 0 Å². The second kappa shape index (κ2) is 7.52. The molecule has 1 aromatic carbocycles. The molecule has 1 amide bonds. The van der Waals surface area contributed by atoms with E-state index in [1.807, 2.05) is 19.0 Å². The molecule has 0 bridgehead atoms. The van der Waals surface area contributed by atoms with Gasteiger partial charge in [0.15, 0.2) is 0 Å². The molecule has 1 aromatic rings. The maximum Gasteiger partial charge on any atom is 0.251 e. The molecule has 0 aliphatic carbocycles. The van der Waals surface area contributed by atoms with E-state index in [-0.39, 0.29) is 23.6 Å². The number of halogens is 1. The number of benzene rings is 1. The Balaban J connectivity index is 2.69. The molecule has 0 fully saturated rings. The summed E-state index contributed by atoms with van der Waals surface area (Å²) in [4.78, 5) is 13.7. The third-order valence-corrected chi connectivity index (χ3v) is 2.40. The van der Waals surface area contributed by atoms with E-state index in [1.165, 1.54) is 12.1 Å². The van der Waals surface area contributed by atoms with E-state index in [0.717, 1.165) is 6.54 Å². The van der Waals surface area contributed by atoms with Gasteiger partial charge >= 0.3 is 0 Å². The summed E-state index contributed by atoms with van der Waals surface area (Å²) in [6.07, 6.45) is 0. The van der Waals surface area contributed by atoms with Crippen LogP contribution in [-0.2, 0) is 0 Å². The summed E-state index contributed by atoms with van der Waals surface area (Å²) in [6.45, 7) is 1.42. The number of nitrogens with one attached hydrogen (secondary N) is 1. The number of hydrogen-bond donors (Lipinski definition) is 2. The minimum atomic E-state index is -0.513. The lowest BCUT2D eigenvalue weighted by Crippen LogP contribution is -2.31. The van der Waals surface area contributed by atoms with Crippen molar-refractivity contribution in [1.82, 2.24) is 10.2 Å². The van der Waals surface area contributed by atoms with Crippen LogP contribution >= 0.6 is 0 Å². The number of nitrogens with zero attached hydrogens (tertiary/aromatic N) is 1. The van der Waals surface area contributed by atoms with Gasteiger partial charge in [0, 0.05) is 18.7 Å². The number of carbonyl (C=O) groups excluding carboxylic acids is 1. The molecule has 0 aliphatic heterocycles. The van der Waals surface area contributed by atoms with Gasteiger partial charge in [0.2, 0.25) is 0 Å². The van der Waals surface area contributed by atoms with Crippen LogP contribution in [0.2, 0.25) is 0 Å². The molecule has 0 radical (unpaired) electrons. The molecule has 0 heterocycles. The topological polar surface area (TPSA) is 58.4 Å². The van der Waals surface area contributed by atoms with Crippen molar-refractivity contribution >= 4 is 5.91 Å². The molecule has 3 N–H and O–H groups in total. The van der Waals surface area contributed by atoms with Gasteiger partial charge in [-0.15, -0.1) is 0 Å². The lowest BCUT2D eigenvalue weighted by atomic mass is 10.1. The van der Waals surface area contributed by atoms with Gasteiger partial charge in [0.1, 0.15) is 5.82 Å². The fraction of sp³-hybridized carbons (Fsp3) is 0.357. The summed E-state index contributed by atoms with van der Waals surface area (Å²) in [5.41, 5.74) is 5.75. The van der Waals surface area contributed by atoms with E-state index in [9.17, 15) is 9.18 Å². The maximum atomic E-state index is 13.7. The predicted octanol–water partition coefficient (Wildman–Crippen LogP) is 0.427. The number of amides is 1. The Morgan fingerprint density at radius 2 is 2.21 bits per heavy atom. The minimum absolute atomic E-state index is 0.173. The Kier molecular flexibility index (Phi) is 6.00. The zero-order valence-corrected chi connectivity index (χ0v) is 11.2. The fourth-order valence-electron chi connectivity index (χ4n) is 1.40. The molecule has 0 unspecified atom stereocenters. The summed E-state index contributed by atoms with van der Waals surface area (Å²) < 4.78 is 13.7. The molecule has 19 heavy (non-hydrogen) atoms. The van der Waals surface area contributed by atoms with Gasteiger partial charge in [-0.05, 0) is 32.3 Å². The molecule has 0 aromatic heterocycles. The van der Waals surface area contributed by atoms with Crippen LogP contribution in [0.4, 0.5) is 4.39 Å². The zero-order valence-electron chi connectivity index (χ0n) is 11.2. The quantitative estimate of drug-likeness (QED) is 0.774. The first-order valence-corrected chi connectivity index (χ1v) is 5.96. The highest BCUT2D eigenvalue weighted by molar-refractivity contribution is 5.94. The van der Waals surface area contributed by atoms with E-state index < -0.39 is 5.82 Å². The Morgan fingerprint density at radius 3 is 2.79 bits per heavy atom. The van der Waals surface area contributed by atoms with Crippen LogP contribution in [0.5, 0.6) is 0 Å². The summed E-state index contributed by atoms with van der Waals surface area (Å²) >= 11 is 0. The standard InChI is InChI=1S/C14H18FN3O/c1-18(2)9-8-17-14(19)12-6-5-11(4-3-7-16)13(15)10-12/h5-6,10H,7-9,16H2,1-2H3,(H,17,19). The van der Waals surface area contributed by atoms with Crippen LogP contribution in [0.3, 0.4) is 0 Å². The van der Waals surface area contributed by atoms with Crippen molar-refractivity contribution in [1.29, 1.82) is 0 Å². The molecular weight excluding hydrogens is 245 g/mol. The Bertz CT molecular complexity index is 503. The van der Waals surface area contributed by atoms with Crippen LogP contribution in [0.15, 0.2) is 18.2 Å². The van der Waals surface area contributed by atoms with Gasteiger partial charge in [0.05, 0.1) is 12.1 Å². The number of rotatable bonds is 4. The zero-order chi connectivity index (χ0) is 14.3. The summed E-state index contributed by atoms with van der Waals surface area (Å²) in [7, 11) is 3.83. The van der Waals surface area contributed by atoms with Gasteiger partial charge in [-0.1, -0.05) is 11.8 Å². The molecule has 1 rings (SSSR count). The Labute approximate surface area is 112 Å². The maximum absolute atomic E-state index is 13.7. The van der Waals surface area contributed by atoms with Gasteiger partial charge in [0.25, 0.3) is 5.91 Å². The molecule has 4 nitrogen and oxygen atoms in total. The third kappa shape index (κ3) is 5.08. The minimum Gasteiger partial charge on any atom is -0.351 e. The van der Waals surface area contributed by atoms with Crippen LogP contribution in [0.25, 0.3) is 0 Å². The van der Waals surface area contributed by atoms with Crippen molar-refractivity contribution in [2.24, 2.45) is 5.73 Å². The average molecular weight is 263 g/mol. The normalized spacial score (nSPS) is 9.95. The molecule has 5 heteroatoms. The van der Waals surface area contributed by atoms with Crippen LogP contribution < -0.4 is 11.1 Å². The van der Waals surface area contributed by atoms with Gasteiger partial charge < -0.3 is 16.0 Å². The number of nitrogens with two attached hydrogens (primary N) is 1. The SMILES string of the molecule is CN(C)CCNC(=O)c1ccc(C#CCN)c(F)c1. The summed E-state index contributed by atoms with van der Waals surface area (Å²) in [5.74, 6) is 4.38. The van der Waals surface area contributed by atoms with Crippen molar-refractivity contribution in [3.8, 4) is 11.8 Å². The molecule has 0 saturated carbocycles. The molecule has 102 valence electrons. The molecule has 0 saturated heterocycles. The Hall–Kier alpha value is -1.90. The monoisotopic (exact) mass is 263 g/mol. The predicted molar refractivity (Wildman–Crippen MR) is 73.2 cm³/mol. The number of carbonyl (C=O) groups is 1. The van der Waals surface area contributed by atoms with Crippen molar-refractivity contribution < 1.29 is 9.18 Å². The van der Waals surface area contributed by atoms with Crippen LogP contribution in [-0.4, -0.2) is 44.5 Å².